The maximum absolute atomic E-state index is 12.3. The van der Waals surface area contributed by atoms with Crippen LogP contribution in [0.2, 0.25) is 0 Å². The summed E-state index contributed by atoms with van der Waals surface area (Å²) < 4.78 is 11.5. The summed E-state index contributed by atoms with van der Waals surface area (Å²) in [6, 6.07) is 13.2. The molecule has 2 aromatic carbocycles. The Morgan fingerprint density at radius 1 is 1.09 bits per heavy atom. The molecule has 0 spiro atoms. The number of amides is 1. The van der Waals surface area contributed by atoms with E-state index in [4.69, 9.17) is 9.47 Å². The van der Waals surface area contributed by atoms with Crippen molar-refractivity contribution in [3.8, 4) is 11.5 Å². The Balaban J connectivity index is 2.01. The highest BCUT2D eigenvalue weighted by Crippen LogP contribution is 2.28. The summed E-state index contributed by atoms with van der Waals surface area (Å²) in [6.07, 6.45) is 0.628. The predicted molar refractivity (Wildman–Crippen MR) is 95.2 cm³/mol. The normalized spacial score (nSPS) is 11.7. The van der Waals surface area contributed by atoms with E-state index in [1.54, 1.807) is 14.2 Å². The molecule has 0 heterocycles. The van der Waals surface area contributed by atoms with Crippen molar-refractivity contribution in [2.24, 2.45) is 5.92 Å². The molecule has 0 aromatic heterocycles. The lowest BCUT2D eigenvalue weighted by molar-refractivity contribution is -0.119. The number of nitrogens with one attached hydrogen (secondary N) is 1. The van der Waals surface area contributed by atoms with Crippen LogP contribution < -0.4 is 14.8 Å². The lowest BCUT2D eigenvalue weighted by Crippen LogP contribution is -2.22. The van der Waals surface area contributed by atoms with E-state index in [9.17, 15) is 4.79 Å². The van der Waals surface area contributed by atoms with E-state index >= 15 is 0 Å². The second kappa shape index (κ2) is 8.02. The Kier molecular flexibility index (Phi) is 6.04. The van der Waals surface area contributed by atoms with E-state index in [0.717, 1.165) is 15.7 Å². The zero-order valence-corrected chi connectivity index (χ0v) is 15.0. The second-order valence-electron chi connectivity index (χ2n) is 5.29. The Bertz CT molecular complexity index is 670. The Morgan fingerprint density at radius 2 is 1.74 bits per heavy atom. The molecule has 1 N–H and O–H groups in total. The summed E-state index contributed by atoms with van der Waals surface area (Å²) in [5, 5.41) is 2.92. The molecule has 2 aromatic rings. The van der Waals surface area contributed by atoms with Gasteiger partial charge in [-0.2, -0.15) is 0 Å². The SMILES string of the molecule is COc1ccc(CC(C)C(=O)Nc2ccc(Br)cc2)cc1OC. The van der Waals surface area contributed by atoms with Crippen LogP contribution in [0, 0.1) is 5.92 Å². The van der Waals surface area contributed by atoms with Gasteiger partial charge in [-0.3, -0.25) is 4.79 Å². The van der Waals surface area contributed by atoms with Gasteiger partial charge in [0.15, 0.2) is 11.5 Å². The van der Waals surface area contributed by atoms with Gasteiger partial charge >= 0.3 is 0 Å². The predicted octanol–water partition coefficient (Wildman–Crippen LogP) is 4.28. The number of benzene rings is 2. The largest absolute Gasteiger partial charge is 0.493 e. The topological polar surface area (TPSA) is 47.6 Å². The summed E-state index contributed by atoms with van der Waals surface area (Å²) in [4.78, 5) is 12.3. The smallest absolute Gasteiger partial charge is 0.227 e. The number of ether oxygens (including phenoxy) is 2. The molecule has 1 amide bonds. The zero-order chi connectivity index (χ0) is 16.8. The molecule has 5 heteroatoms. The van der Waals surface area contributed by atoms with Gasteiger partial charge < -0.3 is 14.8 Å². The molecule has 0 fully saturated rings. The standard InChI is InChI=1S/C18H20BrNO3/c1-12(18(21)20-15-7-5-14(19)6-8-15)10-13-4-9-16(22-2)17(11-13)23-3/h4-9,11-12H,10H2,1-3H3,(H,20,21). The molecule has 0 aliphatic carbocycles. The van der Waals surface area contributed by atoms with Crippen molar-refractivity contribution in [1.82, 2.24) is 0 Å². The van der Waals surface area contributed by atoms with Crippen molar-refractivity contribution in [2.45, 2.75) is 13.3 Å². The molecule has 0 saturated heterocycles. The monoisotopic (exact) mass is 377 g/mol. The molecule has 2 rings (SSSR count). The molecular formula is C18H20BrNO3. The van der Waals surface area contributed by atoms with Crippen molar-refractivity contribution in [1.29, 1.82) is 0 Å². The van der Waals surface area contributed by atoms with Gasteiger partial charge in [0, 0.05) is 16.1 Å². The van der Waals surface area contributed by atoms with Gasteiger partial charge in [0.1, 0.15) is 0 Å². The molecule has 122 valence electrons. The molecule has 0 aliphatic heterocycles. The molecule has 0 aliphatic rings. The van der Waals surface area contributed by atoms with Crippen molar-refractivity contribution in [2.75, 3.05) is 19.5 Å². The van der Waals surface area contributed by atoms with Crippen molar-refractivity contribution < 1.29 is 14.3 Å². The number of carbonyl (C=O) groups is 1. The van der Waals surface area contributed by atoms with Crippen LogP contribution in [0.15, 0.2) is 46.9 Å². The minimum atomic E-state index is -0.156. The first-order valence-electron chi connectivity index (χ1n) is 7.31. The van der Waals surface area contributed by atoms with Crippen LogP contribution in [0.25, 0.3) is 0 Å². The number of hydrogen-bond acceptors (Lipinski definition) is 3. The summed E-state index contributed by atoms with van der Waals surface area (Å²) in [6.45, 7) is 1.91. The Labute approximate surface area is 144 Å². The number of carbonyl (C=O) groups excluding carboxylic acids is 1. The summed E-state index contributed by atoms with van der Waals surface area (Å²) in [5.74, 6) is 1.19. The van der Waals surface area contributed by atoms with Gasteiger partial charge in [-0.05, 0) is 48.4 Å². The third-order valence-electron chi connectivity index (χ3n) is 3.55. The average molecular weight is 378 g/mol. The Hall–Kier alpha value is -2.01. The highest BCUT2D eigenvalue weighted by molar-refractivity contribution is 9.10. The minimum absolute atomic E-state index is 0.0119. The maximum atomic E-state index is 12.3. The molecule has 1 unspecified atom stereocenters. The first-order chi connectivity index (χ1) is 11.0. The number of rotatable bonds is 6. The maximum Gasteiger partial charge on any atom is 0.227 e. The average Bonchev–Trinajstić information content (AvgIpc) is 2.56. The molecule has 0 radical (unpaired) electrons. The molecule has 0 bridgehead atoms. The quantitative estimate of drug-likeness (QED) is 0.816. The molecular weight excluding hydrogens is 358 g/mol. The molecule has 4 nitrogen and oxygen atoms in total. The number of halogens is 1. The fourth-order valence-corrected chi connectivity index (χ4v) is 2.52. The van der Waals surface area contributed by atoms with Crippen LogP contribution in [-0.2, 0) is 11.2 Å². The van der Waals surface area contributed by atoms with Crippen LogP contribution in [0.5, 0.6) is 11.5 Å². The highest BCUT2D eigenvalue weighted by atomic mass is 79.9. The molecule has 1 atom stereocenters. The molecule has 0 saturated carbocycles. The van der Waals surface area contributed by atoms with Gasteiger partial charge in [0.05, 0.1) is 14.2 Å². The third kappa shape index (κ3) is 4.73. The van der Waals surface area contributed by atoms with Gasteiger partial charge in [-0.25, -0.2) is 0 Å². The van der Waals surface area contributed by atoms with E-state index in [0.29, 0.717) is 17.9 Å². The number of hydrogen-bond donors (Lipinski definition) is 1. The van der Waals surface area contributed by atoms with E-state index in [1.807, 2.05) is 49.4 Å². The lowest BCUT2D eigenvalue weighted by atomic mass is 10.00. The van der Waals surface area contributed by atoms with Gasteiger partial charge in [-0.1, -0.05) is 28.9 Å². The van der Waals surface area contributed by atoms with Crippen LogP contribution in [0.3, 0.4) is 0 Å². The zero-order valence-electron chi connectivity index (χ0n) is 13.4. The van der Waals surface area contributed by atoms with Gasteiger partial charge in [0.2, 0.25) is 5.91 Å². The van der Waals surface area contributed by atoms with Crippen molar-refractivity contribution in [3.63, 3.8) is 0 Å². The first kappa shape index (κ1) is 17.3. The number of anilines is 1. The number of methoxy groups -OCH3 is 2. The summed E-state index contributed by atoms with van der Waals surface area (Å²) in [5.41, 5.74) is 1.82. The van der Waals surface area contributed by atoms with E-state index in [2.05, 4.69) is 21.2 Å². The lowest BCUT2D eigenvalue weighted by Gasteiger charge is -2.14. The highest BCUT2D eigenvalue weighted by Gasteiger charge is 2.15. The van der Waals surface area contributed by atoms with Gasteiger partial charge in [0.25, 0.3) is 0 Å². The third-order valence-corrected chi connectivity index (χ3v) is 4.08. The van der Waals surface area contributed by atoms with Crippen LogP contribution in [-0.4, -0.2) is 20.1 Å². The Morgan fingerprint density at radius 3 is 2.35 bits per heavy atom. The molecule has 23 heavy (non-hydrogen) atoms. The second-order valence-corrected chi connectivity index (χ2v) is 6.21. The van der Waals surface area contributed by atoms with E-state index in [-0.39, 0.29) is 11.8 Å². The van der Waals surface area contributed by atoms with Crippen molar-refractivity contribution in [3.05, 3.63) is 52.5 Å². The van der Waals surface area contributed by atoms with Gasteiger partial charge in [-0.15, -0.1) is 0 Å². The fraction of sp³-hybridized carbons (Fsp3) is 0.278. The first-order valence-corrected chi connectivity index (χ1v) is 8.10. The van der Waals surface area contributed by atoms with Crippen molar-refractivity contribution >= 4 is 27.5 Å². The van der Waals surface area contributed by atoms with E-state index < -0.39 is 0 Å². The van der Waals surface area contributed by atoms with Crippen LogP contribution >= 0.6 is 15.9 Å². The summed E-state index contributed by atoms with van der Waals surface area (Å²) in [7, 11) is 3.21. The fourth-order valence-electron chi connectivity index (χ4n) is 2.25. The van der Waals surface area contributed by atoms with Crippen LogP contribution in [0.1, 0.15) is 12.5 Å². The minimum Gasteiger partial charge on any atom is -0.493 e. The summed E-state index contributed by atoms with van der Waals surface area (Å²) >= 11 is 3.38. The van der Waals surface area contributed by atoms with Crippen LogP contribution in [0.4, 0.5) is 5.69 Å². The van der Waals surface area contributed by atoms with E-state index in [1.165, 1.54) is 0 Å².